The van der Waals surface area contributed by atoms with Crippen LogP contribution in [0.1, 0.15) is 0 Å². The van der Waals surface area contributed by atoms with Crippen LogP contribution in [0, 0.1) is 5.82 Å². The first-order valence-electron chi connectivity index (χ1n) is 6.18. The van der Waals surface area contributed by atoms with Crippen LogP contribution in [0.4, 0.5) is 4.39 Å². The zero-order chi connectivity index (χ0) is 15.5. The minimum absolute atomic E-state index is 0.0191. The number of ether oxygens (including phenoxy) is 1. The lowest BCUT2D eigenvalue weighted by Gasteiger charge is -2.05. The molecular formula is C15H8BrClFN3O. The van der Waals surface area contributed by atoms with Crippen LogP contribution in [-0.4, -0.2) is 15.0 Å². The Balaban J connectivity index is 1.80. The van der Waals surface area contributed by atoms with E-state index in [0.29, 0.717) is 5.75 Å². The summed E-state index contributed by atoms with van der Waals surface area (Å²) in [4.78, 5) is 12.3. The van der Waals surface area contributed by atoms with E-state index in [1.54, 1.807) is 24.8 Å². The van der Waals surface area contributed by atoms with E-state index in [1.807, 2.05) is 6.07 Å². The summed E-state index contributed by atoms with van der Waals surface area (Å²) in [6.07, 6.45) is 6.65. The van der Waals surface area contributed by atoms with Gasteiger partial charge in [-0.3, -0.25) is 4.98 Å². The molecule has 0 bridgehead atoms. The van der Waals surface area contributed by atoms with Gasteiger partial charge in [0.05, 0.1) is 5.02 Å². The van der Waals surface area contributed by atoms with Crippen LogP contribution in [0.15, 0.2) is 53.5 Å². The molecule has 0 radical (unpaired) electrons. The molecule has 22 heavy (non-hydrogen) atoms. The van der Waals surface area contributed by atoms with Crippen molar-refractivity contribution in [3.8, 4) is 22.9 Å². The zero-order valence-corrected chi connectivity index (χ0v) is 13.3. The third-order valence-electron chi connectivity index (χ3n) is 2.77. The van der Waals surface area contributed by atoms with Crippen LogP contribution in [0.3, 0.4) is 0 Å². The molecule has 0 N–H and O–H groups in total. The molecule has 4 nitrogen and oxygen atoms in total. The topological polar surface area (TPSA) is 47.9 Å². The zero-order valence-electron chi connectivity index (χ0n) is 11.0. The van der Waals surface area contributed by atoms with Crippen molar-refractivity contribution in [3.63, 3.8) is 0 Å². The van der Waals surface area contributed by atoms with E-state index in [2.05, 4.69) is 30.9 Å². The fourth-order valence-corrected chi connectivity index (χ4v) is 2.27. The summed E-state index contributed by atoms with van der Waals surface area (Å²) in [6, 6.07) is 6.10. The first kappa shape index (κ1) is 14.9. The summed E-state index contributed by atoms with van der Waals surface area (Å²) in [5.41, 5.74) is 1.68. The highest BCUT2D eigenvalue weighted by Crippen LogP contribution is 2.25. The maximum absolute atomic E-state index is 13.1. The van der Waals surface area contributed by atoms with Gasteiger partial charge in [0, 0.05) is 46.5 Å². The lowest BCUT2D eigenvalue weighted by atomic mass is 10.2. The van der Waals surface area contributed by atoms with E-state index in [4.69, 9.17) is 16.3 Å². The number of rotatable bonds is 3. The SMILES string of the molecule is Fc1ccc(Oc2ncc(-c3cncc(Br)c3)cn2)cc1Cl. The van der Waals surface area contributed by atoms with Crippen molar-refractivity contribution in [2.75, 3.05) is 0 Å². The van der Waals surface area contributed by atoms with E-state index in [-0.39, 0.29) is 11.0 Å². The highest BCUT2D eigenvalue weighted by atomic mass is 79.9. The molecule has 0 atom stereocenters. The Morgan fingerprint density at radius 2 is 1.77 bits per heavy atom. The molecule has 0 unspecified atom stereocenters. The van der Waals surface area contributed by atoms with E-state index >= 15 is 0 Å². The lowest BCUT2D eigenvalue weighted by Crippen LogP contribution is -1.93. The maximum Gasteiger partial charge on any atom is 0.321 e. The van der Waals surface area contributed by atoms with Crippen molar-refractivity contribution in [2.24, 2.45) is 0 Å². The van der Waals surface area contributed by atoms with Gasteiger partial charge in [0.1, 0.15) is 11.6 Å². The van der Waals surface area contributed by atoms with Gasteiger partial charge in [-0.1, -0.05) is 11.6 Å². The molecule has 7 heteroatoms. The average molecular weight is 381 g/mol. The standard InChI is InChI=1S/C15H8BrClFN3O/c16-11-3-9(5-19-8-11)10-6-20-15(21-7-10)22-12-1-2-14(18)13(17)4-12/h1-8H. The Labute approximate surface area is 139 Å². The number of pyridine rings is 1. The molecule has 3 rings (SSSR count). The quantitative estimate of drug-likeness (QED) is 0.649. The van der Waals surface area contributed by atoms with Crippen LogP contribution in [0.25, 0.3) is 11.1 Å². The Morgan fingerprint density at radius 1 is 1.00 bits per heavy atom. The third kappa shape index (κ3) is 3.40. The van der Waals surface area contributed by atoms with Gasteiger partial charge >= 0.3 is 6.01 Å². The lowest BCUT2D eigenvalue weighted by molar-refractivity contribution is 0.440. The van der Waals surface area contributed by atoms with Crippen molar-refractivity contribution in [1.82, 2.24) is 15.0 Å². The van der Waals surface area contributed by atoms with Crippen molar-refractivity contribution in [2.45, 2.75) is 0 Å². The predicted octanol–water partition coefficient (Wildman–Crippen LogP) is 4.89. The summed E-state index contributed by atoms with van der Waals surface area (Å²) in [6.45, 7) is 0. The van der Waals surface area contributed by atoms with E-state index in [0.717, 1.165) is 15.6 Å². The van der Waals surface area contributed by atoms with Crippen molar-refractivity contribution in [3.05, 3.63) is 64.4 Å². The van der Waals surface area contributed by atoms with Gasteiger partial charge < -0.3 is 4.74 Å². The molecule has 3 aromatic rings. The Hall–Kier alpha value is -2.05. The number of halogens is 3. The van der Waals surface area contributed by atoms with E-state index in [9.17, 15) is 4.39 Å². The minimum Gasteiger partial charge on any atom is -0.424 e. The molecule has 0 fully saturated rings. The van der Waals surface area contributed by atoms with Gasteiger partial charge in [-0.25, -0.2) is 14.4 Å². The fraction of sp³-hybridized carbons (Fsp3) is 0. The highest BCUT2D eigenvalue weighted by Gasteiger charge is 2.06. The molecule has 0 aliphatic rings. The molecule has 0 saturated carbocycles. The van der Waals surface area contributed by atoms with Crippen molar-refractivity contribution < 1.29 is 9.13 Å². The summed E-state index contributed by atoms with van der Waals surface area (Å²) in [5.74, 6) is -0.143. The molecule has 0 aliphatic heterocycles. The normalized spacial score (nSPS) is 10.5. The third-order valence-corrected chi connectivity index (χ3v) is 3.49. The molecule has 2 aromatic heterocycles. The fourth-order valence-electron chi connectivity index (χ4n) is 1.73. The molecule has 0 aliphatic carbocycles. The molecular weight excluding hydrogens is 373 g/mol. The van der Waals surface area contributed by atoms with Gasteiger partial charge in [0.2, 0.25) is 0 Å². The first-order valence-corrected chi connectivity index (χ1v) is 7.35. The molecule has 110 valence electrons. The second-order valence-electron chi connectivity index (χ2n) is 4.32. The maximum atomic E-state index is 13.1. The van der Waals surface area contributed by atoms with Gasteiger partial charge in [-0.2, -0.15) is 0 Å². The number of aromatic nitrogens is 3. The van der Waals surface area contributed by atoms with Crippen molar-refractivity contribution in [1.29, 1.82) is 0 Å². The van der Waals surface area contributed by atoms with Crippen LogP contribution in [0.2, 0.25) is 5.02 Å². The Bertz CT molecular complexity index is 814. The molecule has 1 aromatic carbocycles. The van der Waals surface area contributed by atoms with E-state index in [1.165, 1.54) is 18.2 Å². The summed E-state index contributed by atoms with van der Waals surface area (Å²) in [7, 11) is 0. The van der Waals surface area contributed by atoms with Gasteiger partial charge in [0.25, 0.3) is 0 Å². The predicted molar refractivity (Wildman–Crippen MR) is 84.4 cm³/mol. The van der Waals surface area contributed by atoms with Gasteiger partial charge in [-0.05, 0) is 34.1 Å². The number of nitrogens with zero attached hydrogens (tertiary/aromatic N) is 3. The molecule has 0 spiro atoms. The minimum atomic E-state index is -0.507. The van der Waals surface area contributed by atoms with Crippen LogP contribution in [0.5, 0.6) is 11.8 Å². The number of hydrogen-bond donors (Lipinski definition) is 0. The number of hydrogen-bond acceptors (Lipinski definition) is 4. The Morgan fingerprint density at radius 3 is 2.45 bits per heavy atom. The van der Waals surface area contributed by atoms with Crippen molar-refractivity contribution >= 4 is 27.5 Å². The van der Waals surface area contributed by atoms with E-state index < -0.39 is 5.82 Å². The molecule has 2 heterocycles. The van der Waals surface area contributed by atoms with Crippen LogP contribution >= 0.6 is 27.5 Å². The summed E-state index contributed by atoms with van der Waals surface area (Å²) < 4.78 is 19.4. The monoisotopic (exact) mass is 379 g/mol. The number of benzene rings is 1. The van der Waals surface area contributed by atoms with Gasteiger partial charge in [-0.15, -0.1) is 0 Å². The second-order valence-corrected chi connectivity index (χ2v) is 5.65. The van der Waals surface area contributed by atoms with Crippen LogP contribution < -0.4 is 4.74 Å². The summed E-state index contributed by atoms with van der Waals surface area (Å²) >= 11 is 9.05. The largest absolute Gasteiger partial charge is 0.424 e. The van der Waals surface area contributed by atoms with Gasteiger partial charge in [0.15, 0.2) is 0 Å². The molecule has 0 amide bonds. The van der Waals surface area contributed by atoms with Crippen LogP contribution in [-0.2, 0) is 0 Å². The second kappa shape index (κ2) is 6.37. The average Bonchev–Trinajstić information content (AvgIpc) is 2.52. The summed E-state index contributed by atoms with van der Waals surface area (Å²) in [5, 5.41) is -0.0191. The smallest absolute Gasteiger partial charge is 0.321 e. The Kier molecular flexibility index (Phi) is 4.31. The first-order chi connectivity index (χ1) is 10.6. The molecule has 0 saturated heterocycles. The highest BCUT2D eigenvalue weighted by molar-refractivity contribution is 9.10.